The molecule has 0 saturated heterocycles. The van der Waals surface area contributed by atoms with Gasteiger partial charge in [-0.2, -0.15) is 0 Å². The quantitative estimate of drug-likeness (QED) is 0.644. The van der Waals surface area contributed by atoms with Crippen LogP contribution in [0.2, 0.25) is 0 Å². The number of hydrogen-bond donors (Lipinski definition) is 0. The number of nitrogens with zero attached hydrogens (tertiary/aromatic N) is 1. The summed E-state index contributed by atoms with van der Waals surface area (Å²) in [7, 11) is 1.56. The number of carbonyl (C=O) groups is 2. The fraction of sp³-hybridized carbons (Fsp3) is 0.182. The van der Waals surface area contributed by atoms with E-state index in [1.165, 1.54) is 4.90 Å². The number of ether oxygens (including phenoxy) is 2. The minimum atomic E-state index is -0.308. The molecule has 0 aromatic heterocycles. The first-order valence-electron chi connectivity index (χ1n) is 8.82. The Labute approximate surface area is 157 Å². The fourth-order valence-electron chi connectivity index (χ4n) is 3.53. The Balaban J connectivity index is 1.89. The third-order valence-corrected chi connectivity index (χ3v) is 4.74. The van der Waals surface area contributed by atoms with E-state index in [2.05, 4.69) is 0 Å². The van der Waals surface area contributed by atoms with Crippen LogP contribution in [0, 0.1) is 0 Å². The number of imide groups is 1. The third-order valence-electron chi connectivity index (χ3n) is 4.74. The maximum Gasteiger partial charge on any atom is 0.261 e. The molecule has 0 unspecified atom stereocenters. The maximum atomic E-state index is 13.1. The monoisotopic (exact) mass is 361 g/mol. The molecule has 5 nitrogen and oxygen atoms in total. The van der Waals surface area contributed by atoms with Crippen molar-refractivity contribution in [3.63, 3.8) is 0 Å². The van der Waals surface area contributed by atoms with Gasteiger partial charge in [-0.25, -0.2) is 0 Å². The summed E-state index contributed by atoms with van der Waals surface area (Å²) in [6.45, 7) is 2.60. The number of rotatable bonds is 5. The van der Waals surface area contributed by atoms with E-state index in [1.54, 1.807) is 31.4 Å². The number of carbonyl (C=O) groups excluding carboxylic acids is 2. The Kier molecular flexibility index (Phi) is 4.28. The highest BCUT2D eigenvalue weighted by Gasteiger charge is 2.34. The molecule has 0 radical (unpaired) electrons. The van der Waals surface area contributed by atoms with Crippen LogP contribution in [-0.2, 0) is 6.54 Å². The highest BCUT2D eigenvalue weighted by Crippen LogP contribution is 2.41. The number of amides is 2. The summed E-state index contributed by atoms with van der Waals surface area (Å²) in [4.78, 5) is 27.5. The number of methoxy groups -OCH3 is 1. The molecule has 0 bridgehead atoms. The highest BCUT2D eigenvalue weighted by molar-refractivity contribution is 6.26. The van der Waals surface area contributed by atoms with Crippen molar-refractivity contribution in [3.05, 3.63) is 71.3 Å². The SMILES string of the molecule is CCOc1ccc2c3c(ccc(OC)c13)C(=O)N(Cc1ccccc1)C2=O. The average molecular weight is 361 g/mol. The summed E-state index contributed by atoms with van der Waals surface area (Å²) in [5.74, 6) is 0.568. The Bertz CT molecular complexity index is 1020. The largest absolute Gasteiger partial charge is 0.496 e. The summed E-state index contributed by atoms with van der Waals surface area (Å²) in [5.41, 5.74) is 1.87. The molecule has 5 heteroatoms. The minimum absolute atomic E-state index is 0.235. The first-order chi connectivity index (χ1) is 13.2. The van der Waals surface area contributed by atoms with Crippen LogP contribution in [0.3, 0.4) is 0 Å². The number of hydrogen-bond acceptors (Lipinski definition) is 4. The Hall–Kier alpha value is -3.34. The fourth-order valence-corrected chi connectivity index (χ4v) is 3.53. The molecule has 0 atom stereocenters. The van der Waals surface area contributed by atoms with E-state index in [1.807, 2.05) is 37.3 Å². The number of benzene rings is 3. The van der Waals surface area contributed by atoms with Crippen molar-refractivity contribution in [3.8, 4) is 11.5 Å². The maximum absolute atomic E-state index is 13.1. The zero-order valence-corrected chi connectivity index (χ0v) is 15.2. The minimum Gasteiger partial charge on any atom is -0.496 e. The van der Waals surface area contributed by atoms with Crippen molar-refractivity contribution in [1.29, 1.82) is 0 Å². The summed E-state index contributed by atoms with van der Waals surface area (Å²) in [6, 6.07) is 16.4. The molecule has 1 aliphatic heterocycles. The van der Waals surface area contributed by atoms with Gasteiger partial charge in [0.15, 0.2) is 0 Å². The Morgan fingerprint density at radius 3 is 2.04 bits per heavy atom. The van der Waals surface area contributed by atoms with E-state index >= 15 is 0 Å². The van der Waals surface area contributed by atoms with E-state index in [4.69, 9.17) is 9.47 Å². The molecule has 0 N–H and O–H groups in total. The van der Waals surface area contributed by atoms with E-state index < -0.39 is 0 Å². The topological polar surface area (TPSA) is 55.8 Å². The lowest BCUT2D eigenvalue weighted by Gasteiger charge is -2.28. The lowest BCUT2D eigenvalue weighted by Crippen LogP contribution is -2.39. The zero-order valence-electron chi connectivity index (χ0n) is 15.2. The van der Waals surface area contributed by atoms with E-state index in [0.29, 0.717) is 40.0 Å². The van der Waals surface area contributed by atoms with Gasteiger partial charge in [0.2, 0.25) is 0 Å². The second kappa shape index (κ2) is 6.76. The predicted molar refractivity (Wildman–Crippen MR) is 102 cm³/mol. The van der Waals surface area contributed by atoms with Crippen molar-refractivity contribution >= 4 is 22.6 Å². The predicted octanol–water partition coefficient (Wildman–Crippen LogP) is 4.04. The first-order valence-corrected chi connectivity index (χ1v) is 8.82. The zero-order chi connectivity index (χ0) is 19.0. The lowest BCUT2D eigenvalue weighted by atomic mass is 9.92. The molecular formula is C22H19NO4. The summed E-state index contributed by atoms with van der Waals surface area (Å²) < 4.78 is 11.2. The second-order valence-corrected chi connectivity index (χ2v) is 6.29. The van der Waals surface area contributed by atoms with Crippen LogP contribution in [0.4, 0.5) is 0 Å². The molecule has 0 saturated carbocycles. The van der Waals surface area contributed by atoms with Crippen molar-refractivity contribution < 1.29 is 19.1 Å². The molecule has 2 amide bonds. The second-order valence-electron chi connectivity index (χ2n) is 6.29. The Morgan fingerprint density at radius 2 is 1.44 bits per heavy atom. The van der Waals surface area contributed by atoms with E-state index in [0.717, 1.165) is 5.56 Å². The first kappa shape index (κ1) is 17.1. The smallest absolute Gasteiger partial charge is 0.261 e. The molecule has 136 valence electrons. The van der Waals surface area contributed by atoms with Gasteiger partial charge in [0, 0.05) is 16.5 Å². The van der Waals surface area contributed by atoms with Gasteiger partial charge in [0.1, 0.15) is 11.5 Å². The molecule has 0 fully saturated rings. The summed E-state index contributed by atoms with van der Waals surface area (Å²) >= 11 is 0. The van der Waals surface area contributed by atoms with Gasteiger partial charge in [-0.15, -0.1) is 0 Å². The summed E-state index contributed by atoms with van der Waals surface area (Å²) in [5, 5.41) is 1.26. The van der Waals surface area contributed by atoms with Gasteiger partial charge >= 0.3 is 0 Å². The van der Waals surface area contributed by atoms with Gasteiger partial charge < -0.3 is 9.47 Å². The molecule has 0 spiro atoms. The molecule has 1 heterocycles. The van der Waals surface area contributed by atoms with Crippen LogP contribution >= 0.6 is 0 Å². The molecule has 0 aliphatic carbocycles. The molecule has 3 aromatic rings. The molecule has 3 aromatic carbocycles. The highest BCUT2D eigenvalue weighted by atomic mass is 16.5. The van der Waals surface area contributed by atoms with Crippen molar-refractivity contribution in [2.75, 3.05) is 13.7 Å². The lowest BCUT2D eigenvalue weighted by molar-refractivity contribution is 0.0598. The van der Waals surface area contributed by atoms with Crippen LogP contribution in [-0.4, -0.2) is 30.4 Å². The van der Waals surface area contributed by atoms with Crippen LogP contribution in [0.1, 0.15) is 33.2 Å². The van der Waals surface area contributed by atoms with Crippen molar-refractivity contribution in [1.82, 2.24) is 4.90 Å². The van der Waals surface area contributed by atoms with E-state index in [9.17, 15) is 9.59 Å². The third kappa shape index (κ3) is 2.72. The molecular weight excluding hydrogens is 342 g/mol. The van der Waals surface area contributed by atoms with Gasteiger partial charge in [-0.05, 0) is 36.8 Å². The van der Waals surface area contributed by atoms with Gasteiger partial charge in [-0.3, -0.25) is 14.5 Å². The van der Waals surface area contributed by atoms with Crippen LogP contribution in [0.15, 0.2) is 54.6 Å². The Morgan fingerprint density at radius 1 is 0.815 bits per heavy atom. The van der Waals surface area contributed by atoms with Gasteiger partial charge in [0.05, 0.1) is 25.6 Å². The van der Waals surface area contributed by atoms with Crippen LogP contribution in [0.5, 0.6) is 11.5 Å². The van der Waals surface area contributed by atoms with Gasteiger partial charge in [0.25, 0.3) is 11.8 Å². The molecule has 4 rings (SSSR count). The van der Waals surface area contributed by atoms with Crippen molar-refractivity contribution in [2.24, 2.45) is 0 Å². The van der Waals surface area contributed by atoms with Crippen molar-refractivity contribution in [2.45, 2.75) is 13.5 Å². The standard InChI is InChI=1S/C22H19NO4/c1-3-27-18-12-10-16-19-15(9-11-17(26-2)20(18)19)21(24)23(22(16)25)13-14-7-5-4-6-8-14/h4-12H,3,13H2,1-2H3. The summed E-state index contributed by atoms with van der Waals surface area (Å²) in [6.07, 6.45) is 0. The van der Waals surface area contributed by atoms with Gasteiger partial charge in [-0.1, -0.05) is 30.3 Å². The average Bonchev–Trinajstić information content (AvgIpc) is 2.70. The normalized spacial score (nSPS) is 13.2. The van der Waals surface area contributed by atoms with Crippen LogP contribution in [0.25, 0.3) is 10.8 Å². The molecule has 27 heavy (non-hydrogen) atoms. The molecule has 1 aliphatic rings. The van der Waals surface area contributed by atoms with E-state index in [-0.39, 0.29) is 18.4 Å². The van der Waals surface area contributed by atoms with Crippen LogP contribution < -0.4 is 9.47 Å².